The Balaban J connectivity index is 2.01. The summed E-state index contributed by atoms with van der Waals surface area (Å²) in [4.78, 5) is 11.7. The second-order valence-electron chi connectivity index (χ2n) is 5.73. The minimum absolute atomic E-state index is 0.252. The van der Waals surface area contributed by atoms with Gasteiger partial charge in [-0.15, -0.1) is 11.8 Å². The molecule has 1 amide bonds. The average Bonchev–Trinajstić information content (AvgIpc) is 2.48. The van der Waals surface area contributed by atoms with Crippen molar-refractivity contribution in [1.29, 1.82) is 0 Å². The largest absolute Gasteiger partial charge is 0.416 e. The first kappa shape index (κ1) is 17.2. The Morgan fingerprint density at radius 1 is 1.27 bits per heavy atom. The van der Waals surface area contributed by atoms with Gasteiger partial charge in [0.25, 0.3) is 0 Å². The number of hydrogen-bond donors (Lipinski definition) is 1. The molecule has 1 aromatic carbocycles. The van der Waals surface area contributed by atoms with Gasteiger partial charge in [0.15, 0.2) is 0 Å². The van der Waals surface area contributed by atoms with Crippen LogP contribution in [0.4, 0.5) is 13.2 Å². The number of carbonyl (C=O) groups is 1. The van der Waals surface area contributed by atoms with E-state index < -0.39 is 11.7 Å². The molecule has 2 rings (SSSR count). The number of thioether (sulfide) groups is 1. The summed E-state index contributed by atoms with van der Waals surface area (Å²) < 4.78 is 38.1. The van der Waals surface area contributed by atoms with Gasteiger partial charge in [0, 0.05) is 5.75 Å². The molecule has 1 unspecified atom stereocenters. The van der Waals surface area contributed by atoms with Crippen molar-refractivity contribution in [2.45, 2.75) is 49.3 Å². The SMILES string of the molecule is NC(=O)C(SCc1cccc(C(F)(F)F)c1)C1CCCCC1. The zero-order valence-corrected chi connectivity index (χ0v) is 13.1. The van der Waals surface area contributed by atoms with Gasteiger partial charge in [-0.2, -0.15) is 13.2 Å². The summed E-state index contributed by atoms with van der Waals surface area (Å²) >= 11 is 1.37. The normalized spacial score (nSPS) is 18.1. The van der Waals surface area contributed by atoms with E-state index in [1.54, 1.807) is 6.07 Å². The van der Waals surface area contributed by atoms with Crippen LogP contribution in [0.2, 0.25) is 0 Å². The van der Waals surface area contributed by atoms with Crippen molar-refractivity contribution in [3.63, 3.8) is 0 Å². The number of rotatable bonds is 5. The lowest BCUT2D eigenvalue weighted by Gasteiger charge is -2.27. The number of primary amides is 1. The maximum Gasteiger partial charge on any atom is 0.416 e. The molecule has 1 aliphatic rings. The molecule has 1 aromatic rings. The fraction of sp³-hybridized carbons (Fsp3) is 0.562. The zero-order chi connectivity index (χ0) is 16.2. The smallest absolute Gasteiger partial charge is 0.369 e. The van der Waals surface area contributed by atoms with Crippen LogP contribution in [0.1, 0.15) is 43.2 Å². The maximum absolute atomic E-state index is 12.7. The van der Waals surface area contributed by atoms with E-state index in [1.807, 2.05) is 0 Å². The zero-order valence-electron chi connectivity index (χ0n) is 12.2. The van der Waals surface area contributed by atoms with Crippen molar-refractivity contribution in [1.82, 2.24) is 0 Å². The molecule has 0 aromatic heterocycles. The predicted molar refractivity (Wildman–Crippen MR) is 82.3 cm³/mol. The molecule has 2 N–H and O–H groups in total. The van der Waals surface area contributed by atoms with E-state index >= 15 is 0 Å². The molecule has 1 aliphatic carbocycles. The van der Waals surface area contributed by atoms with Gasteiger partial charge in [-0.1, -0.05) is 37.5 Å². The van der Waals surface area contributed by atoms with E-state index in [0.29, 0.717) is 11.3 Å². The second-order valence-corrected chi connectivity index (χ2v) is 6.86. The monoisotopic (exact) mass is 331 g/mol. The van der Waals surface area contributed by atoms with Crippen LogP contribution in [0, 0.1) is 5.92 Å². The molecule has 0 saturated heterocycles. The number of alkyl halides is 3. The van der Waals surface area contributed by atoms with E-state index in [2.05, 4.69) is 0 Å². The number of nitrogens with two attached hydrogens (primary N) is 1. The van der Waals surface area contributed by atoms with E-state index in [4.69, 9.17) is 5.73 Å². The summed E-state index contributed by atoms with van der Waals surface area (Å²) in [5.74, 6) is 0.263. The molecule has 1 fully saturated rings. The highest BCUT2D eigenvalue weighted by atomic mass is 32.2. The van der Waals surface area contributed by atoms with Crippen molar-refractivity contribution in [3.8, 4) is 0 Å². The van der Waals surface area contributed by atoms with Crippen LogP contribution in [-0.4, -0.2) is 11.2 Å². The highest BCUT2D eigenvalue weighted by Crippen LogP contribution is 2.35. The number of hydrogen-bond acceptors (Lipinski definition) is 2. The minimum Gasteiger partial charge on any atom is -0.369 e. The third-order valence-corrected chi connectivity index (χ3v) is 5.52. The third kappa shape index (κ3) is 4.66. The Morgan fingerprint density at radius 2 is 1.95 bits per heavy atom. The van der Waals surface area contributed by atoms with Crippen LogP contribution < -0.4 is 5.73 Å². The molecule has 0 bridgehead atoms. The first-order valence-electron chi connectivity index (χ1n) is 7.45. The first-order valence-corrected chi connectivity index (χ1v) is 8.50. The third-order valence-electron chi connectivity index (χ3n) is 4.04. The number of benzene rings is 1. The summed E-state index contributed by atoms with van der Waals surface area (Å²) in [6.07, 6.45) is 0.983. The van der Waals surface area contributed by atoms with Crippen LogP contribution in [-0.2, 0) is 16.7 Å². The molecule has 0 spiro atoms. The molecule has 0 radical (unpaired) electrons. The van der Waals surface area contributed by atoms with Crippen LogP contribution in [0.15, 0.2) is 24.3 Å². The maximum atomic E-state index is 12.7. The summed E-state index contributed by atoms with van der Waals surface area (Å²) in [6.45, 7) is 0. The number of carbonyl (C=O) groups excluding carboxylic acids is 1. The molecule has 122 valence electrons. The second kappa shape index (κ2) is 7.40. The Morgan fingerprint density at radius 3 is 2.55 bits per heavy atom. The topological polar surface area (TPSA) is 43.1 Å². The molecular weight excluding hydrogens is 311 g/mol. The first-order chi connectivity index (χ1) is 10.4. The van der Waals surface area contributed by atoms with Gasteiger partial charge in [0.05, 0.1) is 10.8 Å². The molecule has 0 aliphatic heterocycles. The summed E-state index contributed by atoms with van der Waals surface area (Å²) in [5, 5.41) is -0.310. The van der Waals surface area contributed by atoms with E-state index in [1.165, 1.54) is 24.2 Å². The van der Waals surface area contributed by atoms with E-state index in [9.17, 15) is 18.0 Å². The Labute approximate surface area is 132 Å². The summed E-state index contributed by atoms with van der Waals surface area (Å²) in [7, 11) is 0. The molecule has 0 heterocycles. The molecule has 1 atom stereocenters. The van der Waals surface area contributed by atoms with Gasteiger partial charge in [-0.3, -0.25) is 4.79 Å². The van der Waals surface area contributed by atoms with Gasteiger partial charge >= 0.3 is 6.18 Å². The minimum atomic E-state index is -4.34. The van der Waals surface area contributed by atoms with Crippen molar-refractivity contribution in [3.05, 3.63) is 35.4 Å². The Hall–Kier alpha value is -1.17. The average molecular weight is 331 g/mol. The summed E-state index contributed by atoms with van der Waals surface area (Å²) in [6, 6.07) is 5.26. The van der Waals surface area contributed by atoms with Gasteiger partial charge in [-0.05, 0) is 30.4 Å². The molecule has 2 nitrogen and oxygen atoms in total. The van der Waals surface area contributed by atoms with Gasteiger partial charge < -0.3 is 5.73 Å². The van der Waals surface area contributed by atoms with Crippen molar-refractivity contribution < 1.29 is 18.0 Å². The fourth-order valence-corrected chi connectivity index (χ4v) is 4.17. The van der Waals surface area contributed by atoms with E-state index in [-0.39, 0.29) is 17.1 Å². The lowest BCUT2D eigenvalue weighted by molar-refractivity contribution is -0.137. The number of amides is 1. The lowest BCUT2D eigenvalue weighted by atomic mass is 9.86. The van der Waals surface area contributed by atoms with Crippen LogP contribution in [0.5, 0.6) is 0 Å². The number of halogens is 3. The predicted octanol–water partition coefficient (Wildman–Crippen LogP) is 4.37. The highest BCUT2D eigenvalue weighted by molar-refractivity contribution is 7.99. The summed E-state index contributed by atoms with van der Waals surface area (Å²) in [5.41, 5.74) is 5.41. The van der Waals surface area contributed by atoms with Crippen LogP contribution in [0.25, 0.3) is 0 Å². The molecule has 6 heteroatoms. The van der Waals surface area contributed by atoms with Crippen LogP contribution in [0.3, 0.4) is 0 Å². The Kier molecular flexibility index (Phi) is 5.78. The van der Waals surface area contributed by atoms with Gasteiger partial charge in [-0.25, -0.2) is 0 Å². The Bertz CT molecular complexity index is 512. The lowest BCUT2D eigenvalue weighted by Crippen LogP contribution is -2.34. The van der Waals surface area contributed by atoms with Crippen molar-refractivity contribution >= 4 is 17.7 Å². The van der Waals surface area contributed by atoms with E-state index in [0.717, 1.165) is 37.8 Å². The molecule has 22 heavy (non-hydrogen) atoms. The van der Waals surface area contributed by atoms with Crippen molar-refractivity contribution in [2.24, 2.45) is 11.7 Å². The quantitative estimate of drug-likeness (QED) is 0.870. The van der Waals surface area contributed by atoms with Crippen molar-refractivity contribution in [2.75, 3.05) is 0 Å². The highest BCUT2D eigenvalue weighted by Gasteiger charge is 2.31. The van der Waals surface area contributed by atoms with Crippen LogP contribution >= 0.6 is 11.8 Å². The molecule has 1 saturated carbocycles. The molecular formula is C16H20F3NOS. The van der Waals surface area contributed by atoms with Gasteiger partial charge in [0.2, 0.25) is 5.91 Å². The standard InChI is InChI=1S/C16H20F3NOS/c17-16(18,19)13-8-4-5-11(9-13)10-22-14(15(20)21)12-6-2-1-3-7-12/h4-5,8-9,12,14H,1-3,6-7,10H2,(H2,20,21). The van der Waals surface area contributed by atoms with Gasteiger partial charge in [0.1, 0.15) is 0 Å². The fourth-order valence-electron chi connectivity index (χ4n) is 2.91.